The average molecular weight is 380 g/mol. The summed E-state index contributed by atoms with van der Waals surface area (Å²) in [5, 5.41) is 12.9. The van der Waals surface area contributed by atoms with Crippen LogP contribution in [0.15, 0.2) is 21.6 Å². The number of sulfonamides is 1. The van der Waals surface area contributed by atoms with Gasteiger partial charge in [-0.1, -0.05) is 6.92 Å². The fourth-order valence-electron chi connectivity index (χ4n) is 1.85. The third-order valence-electron chi connectivity index (χ3n) is 2.70. The predicted molar refractivity (Wildman–Crippen MR) is 86.8 cm³/mol. The molecule has 21 heavy (non-hydrogen) atoms. The van der Waals surface area contributed by atoms with E-state index in [4.69, 9.17) is 0 Å². The van der Waals surface area contributed by atoms with Crippen molar-refractivity contribution in [3.8, 4) is 0 Å². The van der Waals surface area contributed by atoms with E-state index >= 15 is 0 Å². The van der Waals surface area contributed by atoms with Gasteiger partial charge in [-0.15, -0.1) is 0 Å². The summed E-state index contributed by atoms with van der Waals surface area (Å²) in [6.45, 7) is 7.62. The number of halogens is 1. The average Bonchev–Trinajstić information content (AvgIpc) is 2.37. The number of aromatic nitrogens is 1. The quantitative estimate of drug-likeness (QED) is 0.757. The molecule has 1 heterocycles. The highest BCUT2D eigenvalue weighted by molar-refractivity contribution is 9.10. The second-order valence-electron chi connectivity index (χ2n) is 5.27. The van der Waals surface area contributed by atoms with Gasteiger partial charge < -0.3 is 10.4 Å². The van der Waals surface area contributed by atoms with Crippen LogP contribution in [-0.2, 0) is 10.0 Å². The highest BCUT2D eigenvalue weighted by Crippen LogP contribution is 2.26. The number of anilines is 1. The van der Waals surface area contributed by atoms with Crippen molar-refractivity contribution in [3.05, 3.63) is 16.7 Å². The summed E-state index contributed by atoms with van der Waals surface area (Å²) in [5.74, 6) is 0.315. The Morgan fingerprint density at radius 3 is 2.52 bits per heavy atom. The molecular formula is C13H22BrN3O3S. The summed E-state index contributed by atoms with van der Waals surface area (Å²) >= 11 is 3.25. The Kier molecular flexibility index (Phi) is 6.15. The van der Waals surface area contributed by atoms with E-state index in [1.165, 1.54) is 10.4 Å². The lowest BCUT2D eigenvalue weighted by atomic mass is 10.1. The molecule has 0 aromatic carbocycles. The molecule has 2 N–H and O–H groups in total. The van der Waals surface area contributed by atoms with E-state index in [0.29, 0.717) is 16.8 Å². The molecule has 0 amide bonds. The standard InChI is InChI=1S/C13H22BrN3O3S/c1-5-15-12-11(7-10(14)8-16-12)21(19,20)17(6-2)9-13(3,4)18/h7-8,18H,5-6,9H2,1-4H3,(H,15,16). The maximum Gasteiger partial charge on any atom is 0.246 e. The lowest BCUT2D eigenvalue weighted by Crippen LogP contribution is -2.42. The highest BCUT2D eigenvalue weighted by atomic mass is 79.9. The Balaban J connectivity index is 3.31. The van der Waals surface area contributed by atoms with Gasteiger partial charge in [0.1, 0.15) is 10.7 Å². The van der Waals surface area contributed by atoms with Gasteiger partial charge in [0.2, 0.25) is 10.0 Å². The van der Waals surface area contributed by atoms with Gasteiger partial charge in [-0.2, -0.15) is 4.31 Å². The first-order valence-electron chi connectivity index (χ1n) is 6.73. The van der Waals surface area contributed by atoms with Gasteiger partial charge in [0, 0.05) is 30.3 Å². The van der Waals surface area contributed by atoms with Crippen molar-refractivity contribution >= 4 is 31.8 Å². The lowest BCUT2D eigenvalue weighted by Gasteiger charge is -2.28. The summed E-state index contributed by atoms with van der Waals surface area (Å²) in [6.07, 6.45) is 1.54. The van der Waals surface area contributed by atoms with Crippen LogP contribution in [-0.4, -0.2) is 48.0 Å². The van der Waals surface area contributed by atoms with Crippen LogP contribution in [0.25, 0.3) is 0 Å². The Morgan fingerprint density at radius 2 is 2.05 bits per heavy atom. The van der Waals surface area contributed by atoms with Crippen LogP contribution < -0.4 is 5.32 Å². The monoisotopic (exact) mass is 379 g/mol. The Labute approximate surface area is 134 Å². The SMILES string of the molecule is CCNc1ncc(Br)cc1S(=O)(=O)N(CC)CC(C)(C)O. The molecule has 1 rings (SSSR count). The highest BCUT2D eigenvalue weighted by Gasteiger charge is 2.30. The second kappa shape index (κ2) is 7.04. The van der Waals surface area contributed by atoms with E-state index in [1.54, 1.807) is 27.0 Å². The van der Waals surface area contributed by atoms with Gasteiger partial charge in [-0.25, -0.2) is 13.4 Å². The number of aliphatic hydroxyl groups is 1. The Bertz CT molecular complexity index is 585. The van der Waals surface area contributed by atoms with Gasteiger partial charge in [-0.05, 0) is 42.8 Å². The molecule has 6 nitrogen and oxygen atoms in total. The molecule has 8 heteroatoms. The predicted octanol–water partition coefficient (Wildman–Crippen LogP) is 2.06. The molecule has 0 unspecified atom stereocenters. The maximum absolute atomic E-state index is 12.8. The van der Waals surface area contributed by atoms with E-state index in [0.717, 1.165) is 0 Å². The number of hydrogen-bond donors (Lipinski definition) is 2. The van der Waals surface area contributed by atoms with Crippen molar-refractivity contribution in [2.75, 3.05) is 25.0 Å². The lowest BCUT2D eigenvalue weighted by molar-refractivity contribution is 0.0601. The minimum absolute atomic E-state index is 0.0178. The van der Waals surface area contributed by atoms with Crippen molar-refractivity contribution in [1.29, 1.82) is 0 Å². The first-order valence-corrected chi connectivity index (χ1v) is 8.97. The molecule has 0 aliphatic rings. The number of rotatable bonds is 7. The largest absolute Gasteiger partial charge is 0.389 e. The smallest absolute Gasteiger partial charge is 0.246 e. The van der Waals surface area contributed by atoms with Gasteiger partial charge in [-0.3, -0.25) is 0 Å². The zero-order chi connectivity index (χ0) is 16.3. The first-order chi connectivity index (χ1) is 9.61. The molecule has 0 fully saturated rings. The molecule has 1 aromatic heterocycles. The summed E-state index contributed by atoms with van der Waals surface area (Å²) in [7, 11) is -3.74. The van der Waals surface area contributed by atoms with E-state index in [9.17, 15) is 13.5 Å². The minimum Gasteiger partial charge on any atom is -0.389 e. The van der Waals surface area contributed by atoms with Gasteiger partial charge >= 0.3 is 0 Å². The third-order valence-corrected chi connectivity index (χ3v) is 5.07. The molecule has 0 spiro atoms. The molecule has 1 aromatic rings. The number of likely N-dealkylation sites (N-methyl/N-ethyl adjacent to an activating group) is 1. The van der Waals surface area contributed by atoms with Crippen LogP contribution in [0.5, 0.6) is 0 Å². The summed E-state index contributed by atoms with van der Waals surface area (Å²) in [5.41, 5.74) is -1.11. The summed E-state index contributed by atoms with van der Waals surface area (Å²) in [6, 6.07) is 1.52. The van der Waals surface area contributed by atoms with Crippen LogP contribution in [0.2, 0.25) is 0 Å². The van der Waals surface area contributed by atoms with Gasteiger partial charge in [0.15, 0.2) is 0 Å². The molecule has 0 aliphatic heterocycles. The Hall–Kier alpha value is -0.700. The molecule has 0 bridgehead atoms. The molecule has 120 valence electrons. The van der Waals surface area contributed by atoms with Crippen LogP contribution >= 0.6 is 15.9 Å². The number of nitrogens with one attached hydrogen (secondary N) is 1. The number of nitrogens with zero attached hydrogens (tertiary/aromatic N) is 2. The normalized spacial score (nSPS) is 12.7. The minimum atomic E-state index is -3.74. The van der Waals surface area contributed by atoms with Gasteiger partial charge in [0.05, 0.1) is 5.60 Å². The molecule has 0 aliphatic carbocycles. The zero-order valence-corrected chi connectivity index (χ0v) is 15.1. The molecule has 0 saturated heterocycles. The van der Waals surface area contributed by atoms with Crippen LogP contribution in [0, 0.1) is 0 Å². The maximum atomic E-state index is 12.8. The van der Waals surface area contributed by atoms with E-state index < -0.39 is 15.6 Å². The van der Waals surface area contributed by atoms with E-state index in [2.05, 4.69) is 26.2 Å². The zero-order valence-electron chi connectivity index (χ0n) is 12.7. The van der Waals surface area contributed by atoms with Crippen molar-refractivity contribution < 1.29 is 13.5 Å². The van der Waals surface area contributed by atoms with Crippen LogP contribution in [0.1, 0.15) is 27.7 Å². The second-order valence-corrected chi connectivity index (χ2v) is 8.10. The Morgan fingerprint density at radius 1 is 1.43 bits per heavy atom. The van der Waals surface area contributed by atoms with E-state index in [-0.39, 0.29) is 18.0 Å². The number of pyridine rings is 1. The molecular weight excluding hydrogens is 358 g/mol. The fourth-order valence-corrected chi connectivity index (χ4v) is 4.09. The first kappa shape index (κ1) is 18.3. The van der Waals surface area contributed by atoms with E-state index in [1.807, 2.05) is 6.92 Å². The van der Waals surface area contributed by atoms with Crippen molar-refractivity contribution in [3.63, 3.8) is 0 Å². The van der Waals surface area contributed by atoms with Crippen LogP contribution in [0.4, 0.5) is 5.82 Å². The van der Waals surface area contributed by atoms with Crippen LogP contribution in [0.3, 0.4) is 0 Å². The number of hydrogen-bond acceptors (Lipinski definition) is 5. The van der Waals surface area contributed by atoms with Crippen molar-refractivity contribution in [2.24, 2.45) is 0 Å². The third kappa shape index (κ3) is 4.91. The summed E-state index contributed by atoms with van der Waals surface area (Å²) in [4.78, 5) is 4.22. The topological polar surface area (TPSA) is 82.5 Å². The fraction of sp³-hybridized carbons (Fsp3) is 0.615. The van der Waals surface area contributed by atoms with Crippen molar-refractivity contribution in [1.82, 2.24) is 9.29 Å². The summed E-state index contributed by atoms with van der Waals surface area (Å²) < 4.78 is 27.4. The molecule has 0 saturated carbocycles. The molecule has 0 radical (unpaired) electrons. The van der Waals surface area contributed by atoms with Gasteiger partial charge in [0.25, 0.3) is 0 Å². The molecule has 0 atom stereocenters. The van der Waals surface area contributed by atoms with Crippen molar-refractivity contribution in [2.45, 2.75) is 38.2 Å².